The van der Waals surface area contributed by atoms with Gasteiger partial charge in [-0.05, 0) is 48.9 Å². The largest absolute Gasteiger partial charge is 0.246 e. The molecule has 1 aliphatic rings. The highest BCUT2D eigenvalue weighted by atomic mass is 35.5. The van der Waals surface area contributed by atoms with Gasteiger partial charge in [-0.25, -0.2) is 0 Å². The molecule has 0 bridgehead atoms. The van der Waals surface area contributed by atoms with Gasteiger partial charge in [-0.15, -0.1) is 10.2 Å². The van der Waals surface area contributed by atoms with E-state index < -0.39 is 0 Å². The lowest BCUT2D eigenvalue weighted by atomic mass is 10.2. The van der Waals surface area contributed by atoms with Crippen LogP contribution in [-0.2, 0) is 6.42 Å². The average molecular weight is 209 g/mol. The first kappa shape index (κ1) is 8.17. The SMILES string of the molecule is Clc1nnc2ccc(CC3CC3)nn12. The molecule has 0 N–H and O–H groups in total. The molecule has 2 heterocycles. The summed E-state index contributed by atoms with van der Waals surface area (Å²) in [5, 5.41) is 12.3. The maximum Gasteiger partial charge on any atom is 0.246 e. The third kappa shape index (κ3) is 1.35. The topological polar surface area (TPSA) is 43.1 Å². The fraction of sp³-hybridized carbons (Fsp3) is 0.444. The Labute approximate surface area is 85.9 Å². The molecule has 14 heavy (non-hydrogen) atoms. The standard InChI is InChI=1S/C9H9ClN4/c10-9-12-11-8-4-3-7(13-14(8)9)5-6-1-2-6/h3-4,6H,1-2,5H2. The number of nitrogens with zero attached hydrogens (tertiary/aromatic N) is 4. The second-order valence-electron chi connectivity index (χ2n) is 3.71. The molecule has 1 fully saturated rings. The third-order valence-electron chi connectivity index (χ3n) is 2.47. The van der Waals surface area contributed by atoms with Crippen LogP contribution in [0, 0.1) is 5.92 Å². The molecule has 5 heteroatoms. The molecule has 3 rings (SSSR count). The molecule has 0 spiro atoms. The van der Waals surface area contributed by atoms with E-state index in [1.165, 1.54) is 12.8 Å². The molecule has 4 nitrogen and oxygen atoms in total. The van der Waals surface area contributed by atoms with Gasteiger partial charge in [0.25, 0.3) is 0 Å². The van der Waals surface area contributed by atoms with E-state index in [-0.39, 0.29) is 0 Å². The normalized spacial score (nSPS) is 16.4. The summed E-state index contributed by atoms with van der Waals surface area (Å²) in [5.74, 6) is 0.829. The van der Waals surface area contributed by atoms with Crippen molar-refractivity contribution in [2.24, 2.45) is 5.92 Å². The number of rotatable bonds is 2. The van der Waals surface area contributed by atoms with Gasteiger partial charge in [-0.3, -0.25) is 0 Å². The Hall–Kier alpha value is -1.16. The average Bonchev–Trinajstić information content (AvgIpc) is 2.92. The second kappa shape index (κ2) is 2.92. The lowest BCUT2D eigenvalue weighted by molar-refractivity contribution is 0.761. The van der Waals surface area contributed by atoms with Crippen LogP contribution in [0.4, 0.5) is 0 Å². The quantitative estimate of drug-likeness (QED) is 0.755. The van der Waals surface area contributed by atoms with E-state index in [0.29, 0.717) is 10.9 Å². The van der Waals surface area contributed by atoms with Gasteiger partial charge in [0.05, 0.1) is 5.69 Å². The first-order valence-electron chi connectivity index (χ1n) is 4.70. The molecule has 0 amide bonds. The Balaban J connectivity index is 2.03. The summed E-state index contributed by atoms with van der Waals surface area (Å²) in [5.41, 5.74) is 1.77. The second-order valence-corrected chi connectivity index (χ2v) is 4.05. The van der Waals surface area contributed by atoms with E-state index >= 15 is 0 Å². The number of halogens is 1. The molecule has 2 aromatic heterocycles. The predicted octanol–water partition coefficient (Wildman–Crippen LogP) is 1.73. The maximum absolute atomic E-state index is 5.82. The number of aromatic nitrogens is 4. The van der Waals surface area contributed by atoms with Crippen LogP contribution in [0.25, 0.3) is 5.65 Å². The van der Waals surface area contributed by atoms with Crippen LogP contribution in [0.1, 0.15) is 18.5 Å². The van der Waals surface area contributed by atoms with Crippen molar-refractivity contribution < 1.29 is 0 Å². The molecule has 0 saturated heterocycles. The van der Waals surface area contributed by atoms with Crippen LogP contribution in [0.2, 0.25) is 5.28 Å². The van der Waals surface area contributed by atoms with Crippen LogP contribution in [0.15, 0.2) is 12.1 Å². The van der Waals surface area contributed by atoms with Gasteiger partial charge in [0, 0.05) is 0 Å². The van der Waals surface area contributed by atoms with Gasteiger partial charge in [-0.2, -0.15) is 9.61 Å². The summed E-state index contributed by atoms with van der Waals surface area (Å²) in [4.78, 5) is 0. The highest BCUT2D eigenvalue weighted by Gasteiger charge is 2.22. The van der Waals surface area contributed by atoms with Crippen molar-refractivity contribution in [3.63, 3.8) is 0 Å². The molecule has 0 atom stereocenters. The van der Waals surface area contributed by atoms with Crippen molar-refractivity contribution in [2.45, 2.75) is 19.3 Å². The van der Waals surface area contributed by atoms with Gasteiger partial charge >= 0.3 is 0 Å². The van der Waals surface area contributed by atoms with E-state index in [2.05, 4.69) is 15.3 Å². The van der Waals surface area contributed by atoms with Crippen molar-refractivity contribution in [1.82, 2.24) is 19.8 Å². The van der Waals surface area contributed by atoms with E-state index in [1.54, 1.807) is 4.52 Å². The summed E-state index contributed by atoms with van der Waals surface area (Å²) in [6.45, 7) is 0. The minimum Gasteiger partial charge on any atom is -0.183 e. The first-order chi connectivity index (χ1) is 6.83. The van der Waals surface area contributed by atoms with Gasteiger partial charge < -0.3 is 0 Å². The smallest absolute Gasteiger partial charge is 0.183 e. The molecule has 0 aliphatic heterocycles. The Morgan fingerprint density at radius 3 is 3.00 bits per heavy atom. The van der Waals surface area contributed by atoms with E-state index in [9.17, 15) is 0 Å². The number of hydrogen-bond donors (Lipinski definition) is 0. The van der Waals surface area contributed by atoms with Crippen molar-refractivity contribution >= 4 is 17.2 Å². The van der Waals surface area contributed by atoms with E-state index in [1.807, 2.05) is 12.1 Å². The first-order valence-corrected chi connectivity index (χ1v) is 5.07. The Morgan fingerprint density at radius 2 is 2.21 bits per heavy atom. The summed E-state index contributed by atoms with van der Waals surface area (Å²) in [6, 6.07) is 3.91. The maximum atomic E-state index is 5.82. The zero-order valence-corrected chi connectivity index (χ0v) is 8.28. The van der Waals surface area contributed by atoms with Gasteiger partial charge in [-0.1, -0.05) is 0 Å². The number of hydrogen-bond acceptors (Lipinski definition) is 3. The third-order valence-corrected chi connectivity index (χ3v) is 2.71. The van der Waals surface area contributed by atoms with Crippen LogP contribution >= 0.6 is 11.6 Å². The van der Waals surface area contributed by atoms with Crippen molar-refractivity contribution in [3.8, 4) is 0 Å². The lowest BCUT2D eigenvalue weighted by Gasteiger charge is -1.98. The highest BCUT2D eigenvalue weighted by molar-refractivity contribution is 6.28. The highest BCUT2D eigenvalue weighted by Crippen LogP contribution is 2.31. The Bertz CT molecular complexity index is 475. The summed E-state index contributed by atoms with van der Waals surface area (Å²) >= 11 is 5.82. The molecule has 0 unspecified atom stereocenters. The zero-order valence-electron chi connectivity index (χ0n) is 7.52. The molecule has 72 valence electrons. The van der Waals surface area contributed by atoms with Crippen LogP contribution in [-0.4, -0.2) is 19.8 Å². The minimum atomic E-state index is 0.331. The summed E-state index contributed by atoms with van der Waals surface area (Å²) in [6.07, 6.45) is 3.70. The van der Waals surface area contributed by atoms with Crippen LogP contribution < -0.4 is 0 Å². The van der Waals surface area contributed by atoms with Gasteiger partial charge in [0.2, 0.25) is 5.28 Å². The monoisotopic (exact) mass is 208 g/mol. The molecular weight excluding hydrogens is 200 g/mol. The minimum absolute atomic E-state index is 0.331. The Morgan fingerprint density at radius 1 is 1.36 bits per heavy atom. The summed E-state index contributed by atoms with van der Waals surface area (Å²) in [7, 11) is 0. The van der Waals surface area contributed by atoms with E-state index in [4.69, 9.17) is 11.6 Å². The molecule has 1 saturated carbocycles. The van der Waals surface area contributed by atoms with Crippen molar-refractivity contribution in [2.75, 3.05) is 0 Å². The molecule has 1 aliphatic carbocycles. The van der Waals surface area contributed by atoms with Crippen LogP contribution in [0.5, 0.6) is 0 Å². The molecule has 0 aromatic carbocycles. The fourth-order valence-corrected chi connectivity index (χ4v) is 1.69. The van der Waals surface area contributed by atoms with Gasteiger partial charge in [0.1, 0.15) is 0 Å². The van der Waals surface area contributed by atoms with E-state index in [0.717, 1.165) is 18.0 Å². The summed E-state index contributed by atoms with van der Waals surface area (Å²) < 4.78 is 1.58. The van der Waals surface area contributed by atoms with Crippen molar-refractivity contribution in [3.05, 3.63) is 23.1 Å². The molecule has 0 radical (unpaired) electrons. The Kier molecular flexibility index (Phi) is 1.70. The molecular formula is C9H9ClN4. The number of fused-ring (bicyclic) bond motifs is 1. The van der Waals surface area contributed by atoms with Crippen molar-refractivity contribution in [1.29, 1.82) is 0 Å². The zero-order chi connectivity index (χ0) is 9.54. The fourth-order valence-electron chi connectivity index (χ4n) is 1.53. The predicted molar refractivity (Wildman–Crippen MR) is 52.2 cm³/mol. The van der Waals surface area contributed by atoms with Crippen LogP contribution in [0.3, 0.4) is 0 Å². The molecule has 2 aromatic rings. The lowest BCUT2D eigenvalue weighted by Crippen LogP contribution is -1.98. The van der Waals surface area contributed by atoms with Gasteiger partial charge in [0.15, 0.2) is 5.65 Å².